The van der Waals surface area contributed by atoms with Crippen LogP contribution in [0.1, 0.15) is 21.5 Å². The quantitative estimate of drug-likeness (QED) is 0.517. The van der Waals surface area contributed by atoms with Crippen LogP contribution in [0.2, 0.25) is 5.02 Å². The molecule has 2 aromatic carbocycles. The Morgan fingerprint density at radius 2 is 2.07 bits per heavy atom. The molecule has 0 bridgehead atoms. The molecule has 5 nitrogen and oxygen atoms in total. The molecule has 4 aromatic rings. The summed E-state index contributed by atoms with van der Waals surface area (Å²) in [6, 6.07) is 13.3. The van der Waals surface area contributed by atoms with E-state index in [1.807, 2.05) is 24.3 Å². The van der Waals surface area contributed by atoms with Gasteiger partial charge in [-0.05, 0) is 35.2 Å². The molecule has 0 aliphatic heterocycles. The van der Waals surface area contributed by atoms with E-state index in [4.69, 9.17) is 17.3 Å². The lowest BCUT2D eigenvalue weighted by Crippen LogP contribution is -2.11. The average Bonchev–Trinajstić information content (AvgIpc) is 3.11. The normalized spacial score (nSPS) is 11.6. The number of primary amides is 1. The van der Waals surface area contributed by atoms with E-state index in [1.165, 1.54) is 0 Å². The smallest absolute Gasteiger partial charge is 0.250 e. The third kappa shape index (κ3) is 2.82. The van der Waals surface area contributed by atoms with Crippen molar-refractivity contribution < 1.29 is 4.79 Å². The molecule has 0 unspecified atom stereocenters. The topological polar surface area (TPSA) is 95.6 Å². The van der Waals surface area contributed by atoms with E-state index in [-0.39, 0.29) is 10.6 Å². The first kappa shape index (κ1) is 16.8. The lowest BCUT2D eigenvalue weighted by atomic mass is 9.99. The average molecular weight is 373 g/mol. The summed E-state index contributed by atoms with van der Waals surface area (Å²) in [5, 5.41) is 12.6. The van der Waals surface area contributed by atoms with Gasteiger partial charge in [0.1, 0.15) is 0 Å². The fourth-order valence-corrected chi connectivity index (χ4v) is 3.54. The first-order chi connectivity index (χ1) is 13.1. The van der Waals surface area contributed by atoms with Crippen molar-refractivity contribution in [3.63, 3.8) is 0 Å². The number of H-pyrrole nitrogens is 1. The molecule has 0 saturated carbocycles. The molecule has 0 atom stereocenters. The van der Waals surface area contributed by atoms with Crippen LogP contribution in [0.15, 0.2) is 55.0 Å². The molecule has 0 spiro atoms. The number of aromatic amines is 1. The minimum Gasteiger partial charge on any atom is -0.366 e. The Kier molecular flexibility index (Phi) is 4.11. The number of rotatable bonds is 3. The second-order valence-corrected chi connectivity index (χ2v) is 6.41. The highest BCUT2D eigenvalue weighted by Gasteiger charge is 2.17. The van der Waals surface area contributed by atoms with Crippen LogP contribution < -0.4 is 5.73 Å². The van der Waals surface area contributed by atoms with E-state index in [0.29, 0.717) is 16.5 Å². The summed E-state index contributed by atoms with van der Waals surface area (Å²) in [4.78, 5) is 18.8. The predicted molar refractivity (Wildman–Crippen MR) is 107 cm³/mol. The van der Waals surface area contributed by atoms with E-state index in [0.717, 1.165) is 21.9 Å². The molecule has 0 aliphatic carbocycles. The molecule has 0 fully saturated rings. The van der Waals surface area contributed by atoms with E-state index < -0.39 is 5.91 Å². The van der Waals surface area contributed by atoms with Crippen LogP contribution in [0.25, 0.3) is 33.3 Å². The van der Waals surface area contributed by atoms with E-state index in [2.05, 4.69) is 16.0 Å². The monoisotopic (exact) mass is 372 g/mol. The Labute approximate surface area is 159 Å². The Hall–Kier alpha value is -3.62. The number of pyridine rings is 1. The third-order valence-electron chi connectivity index (χ3n) is 4.47. The minimum absolute atomic E-state index is 0.221. The van der Waals surface area contributed by atoms with Crippen LogP contribution in [-0.4, -0.2) is 15.9 Å². The lowest BCUT2D eigenvalue weighted by Gasteiger charge is -2.05. The third-order valence-corrected chi connectivity index (χ3v) is 4.87. The number of hydrogen-bond acceptors (Lipinski definition) is 3. The highest BCUT2D eigenvalue weighted by Crippen LogP contribution is 2.34. The number of carbonyl (C=O) groups is 1. The number of nitrogens with two attached hydrogens (primary N) is 1. The maximum atomic E-state index is 11.6. The number of allylic oxidation sites excluding steroid dienone is 1. The maximum absolute atomic E-state index is 11.6. The molecule has 0 aliphatic rings. The highest BCUT2D eigenvalue weighted by atomic mass is 35.5. The first-order valence-corrected chi connectivity index (χ1v) is 8.52. The van der Waals surface area contributed by atoms with Crippen molar-refractivity contribution in [1.82, 2.24) is 9.97 Å². The minimum atomic E-state index is -0.613. The standard InChI is InChI=1S/C21H13ClN4O/c22-20-16(21(24)27)4-5-18-19(20)17(11-26-18)14(9-23)8-12-2-1-3-13-10-25-7-6-15(12)13/h1-8,10-11,26H,(H2,24,27)/b14-8+. The second kappa shape index (κ2) is 6.60. The van der Waals surface area contributed by atoms with Crippen LogP contribution in [0.3, 0.4) is 0 Å². The van der Waals surface area contributed by atoms with Gasteiger partial charge in [0.05, 0.1) is 22.2 Å². The summed E-state index contributed by atoms with van der Waals surface area (Å²) in [6.07, 6.45) is 7.01. The molecule has 4 rings (SSSR count). The van der Waals surface area contributed by atoms with Crippen molar-refractivity contribution in [3.05, 3.63) is 76.7 Å². The molecule has 6 heteroatoms. The number of aromatic nitrogens is 2. The van der Waals surface area contributed by atoms with Gasteiger partial charge in [0.2, 0.25) is 5.91 Å². The zero-order valence-corrected chi connectivity index (χ0v) is 14.8. The molecule has 130 valence electrons. The fraction of sp³-hybridized carbons (Fsp3) is 0. The van der Waals surface area contributed by atoms with Crippen molar-refractivity contribution in [2.75, 3.05) is 0 Å². The zero-order chi connectivity index (χ0) is 19.0. The number of halogens is 1. The van der Waals surface area contributed by atoms with Gasteiger partial charge < -0.3 is 10.7 Å². The van der Waals surface area contributed by atoms with Crippen LogP contribution >= 0.6 is 11.6 Å². The van der Waals surface area contributed by atoms with Crippen LogP contribution in [0.5, 0.6) is 0 Å². The highest BCUT2D eigenvalue weighted by molar-refractivity contribution is 6.39. The summed E-state index contributed by atoms with van der Waals surface area (Å²) in [7, 11) is 0. The molecule has 2 aromatic heterocycles. The van der Waals surface area contributed by atoms with Crippen molar-refractivity contribution in [2.24, 2.45) is 5.73 Å². The van der Waals surface area contributed by atoms with Gasteiger partial charge in [0.15, 0.2) is 0 Å². The van der Waals surface area contributed by atoms with Gasteiger partial charge in [-0.3, -0.25) is 9.78 Å². The summed E-state index contributed by atoms with van der Waals surface area (Å²) < 4.78 is 0. The number of benzene rings is 2. The van der Waals surface area contributed by atoms with Crippen LogP contribution in [0.4, 0.5) is 0 Å². The van der Waals surface area contributed by atoms with Gasteiger partial charge in [-0.15, -0.1) is 0 Å². The molecule has 1 amide bonds. The number of nitrogens with zero attached hydrogens (tertiary/aromatic N) is 2. The summed E-state index contributed by atoms with van der Waals surface area (Å²) in [6.45, 7) is 0. The van der Waals surface area contributed by atoms with Crippen molar-refractivity contribution in [1.29, 1.82) is 5.26 Å². The number of carbonyl (C=O) groups excluding carboxylic acids is 1. The molecule has 0 radical (unpaired) electrons. The number of hydrogen-bond donors (Lipinski definition) is 2. The molecular formula is C21H13ClN4O. The van der Waals surface area contributed by atoms with Gasteiger partial charge in [-0.25, -0.2) is 0 Å². The van der Waals surface area contributed by atoms with Gasteiger partial charge in [-0.1, -0.05) is 29.8 Å². The first-order valence-electron chi connectivity index (χ1n) is 8.14. The Balaban J connectivity index is 1.96. The predicted octanol–water partition coefficient (Wildman–Crippen LogP) is 4.53. The van der Waals surface area contributed by atoms with E-state index >= 15 is 0 Å². The van der Waals surface area contributed by atoms with E-state index in [1.54, 1.807) is 36.8 Å². The number of nitriles is 1. The second-order valence-electron chi connectivity index (χ2n) is 6.03. The fourth-order valence-electron chi connectivity index (χ4n) is 3.18. The molecule has 0 saturated heterocycles. The van der Waals surface area contributed by atoms with Crippen molar-refractivity contribution in [3.8, 4) is 6.07 Å². The van der Waals surface area contributed by atoms with Gasteiger partial charge in [0, 0.05) is 40.4 Å². The van der Waals surface area contributed by atoms with Crippen LogP contribution in [0, 0.1) is 11.3 Å². The van der Waals surface area contributed by atoms with Gasteiger partial charge in [0.25, 0.3) is 0 Å². The summed E-state index contributed by atoms with van der Waals surface area (Å²) >= 11 is 6.42. The SMILES string of the molecule is N#C/C(=C\c1cccc2cnccc12)c1c[nH]c2ccc(C(N)=O)c(Cl)c12. The number of fused-ring (bicyclic) bond motifs is 2. The summed E-state index contributed by atoms with van der Waals surface area (Å²) in [5.74, 6) is -0.613. The lowest BCUT2D eigenvalue weighted by molar-refractivity contribution is 0.100. The Bertz CT molecular complexity index is 1280. The number of amides is 1. The summed E-state index contributed by atoms with van der Waals surface area (Å²) in [5.41, 5.74) is 8.28. The zero-order valence-electron chi connectivity index (χ0n) is 14.0. The number of nitrogens with one attached hydrogen (secondary N) is 1. The van der Waals surface area contributed by atoms with Crippen LogP contribution in [-0.2, 0) is 0 Å². The maximum Gasteiger partial charge on any atom is 0.250 e. The largest absolute Gasteiger partial charge is 0.366 e. The molecule has 2 heterocycles. The van der Waals surface area contributed by atoms with Gasteiger partial charge in [-0.2, -0.15) is 5.26 Å². The van der Waals surface area contributed by atoms with Crippen molar-refractivity contribution in [2.45, 2.75) is 0 Å². The van der Waals surface area contributed by atoms with Crippen molar-refractivity contribution >= 4 is 50.8 Å². The molecule has 3 N–H and O–H groups in total. The van der Waals surface area contributed by atoms with Gasteiger partial charge >= 0.3 is 0 Å². The molecule has 27 heavy (non-hydrogen) atoms. The van der Waals surface area contributed by atoms with E-state index in [9.17, 15) is 10.1 Å². The Morgan fingerprint density at radius 1 is 1.22 bits per heavy atom. The Morgan fingerprint density at radius 3 is 2.85 bits per heavy atom. The molecular weight excluding hydrogens is 360 g/mol.